The number of aromatic nitrogens is 4. The number of hydrogen-bond donors (Lipinski definition) is 0. The molecule has 1 saturated heterocycles. The number of pyridine rings is 1. The molecule has 1 fully saturated rings. The number of benzene rings is 1. The molecule has 3 aromatic heterocycles. The Morgan fingerprint density at radius 3 is 2.57 bits per heavy atom. The average molecular weight is 432 g/mol. The third kappa shape index (κ3) is 3.44. The minimum absolute atomic E-state index is 0. The van der Waals surface area contributed by atoms with Gasteiger partial charge in [-0.05, 0) is 31.7 Å². The number of likely N-dealkylation sites (N-methyl/N-ethyl adjacent to an activating group) is 1. The Hall–Kier alpha value is -1.91. The van der Waals surface area contributed by atoms with Crippen LogP contribution < -0.4 is 50.8 Å². The van der Waals surface area contributed by atoms with E-state index in [1.54, 1.807) is 4.68 Å². The molecular weight excluding hydrogens is 411 g/mol. The van der Waals surface area contributed by atoms with Gasteiger partial charge in [-0.25, -0.2) is 9.66 Å². The van der Waals surface area contributed by atoms with Crippen LogP contribution in [0.3, 0.4) is 0 Å². The number of piperazine rings is 1. The maximum Gasteiger partial charge on any atom is 1.00 e. The molecule has 0 aliphatic carbocycles. The van der Waals surface area contributed by atoms with Crippen molar-refractivity contribution < 1.29 is 29.6 Å². The van der Waals surface area contributed by atoms with Crippen LogP contribution in [-0.2, 0) is 6.42 Å². The molecule has 0 N–H and O–H groups in total. The molecule has 0 bridgehead atoms. The second kappa shape index (κ2) is 8.32. The van der Waals surface area contributed by atoms with Crippen LogP contribution >= 0.6 is 11.3 Å². The largest absolute Gasteiger partial charge is 1.00 e. The Bertz CT molecular complexity index is 1300. The van der Waals surface area contributed by atoms with E-state index < -0.39 is 0 Å². The summed E-state index contributed by atoms with van der Waals surface area (Å²) in [6, 6.07) is 9.22. The summed E-state index contributed by atoms with van der Waals surface area (Å²) in [6.45, 7) is 5.21. The van der Waals surface area contributed by atoms with Gasteiger partial charge in [-0.15, -0.1) is 5.52 Å². The first kappa shape index (κ1) is 21.3. The Labute approximate surface area is 199 Å². The molecule has 0 spiro atoms. The second-order valence-corrected chi connectivity index (χ2v) is 8.30. The molecule has 4 heterocycles. The van der Waals surface area contributed by atoms with Gasteiger partial charge in [0.2, 0.25) is 5.56 Å². The summed E-state index contributed by atoms with van der Waals surface area (Å²) in [6.07, 6.45) is 0.569. The molecule has 10 heteroatoms. The number of aryl methyl sites for hydroxylation is 1. The fourth-order valence-corrected chi connectivity index (χ4v) is 4.84. The van der Waals surface area contributed by atoms with Crippen molar-refractivity contribution in [2.24, 2.45) is 0 Å². The topological polar surface area (TPSA) is 77.5 Å². The van der Waals surface area contributed by atoms with Crippen LogP contribution in [0.1, 0.15) is 12.6 Å². The van der Waals surface area contributed by atoms with Crippen LogP contribution in [0.2, 0.25) is 0 Å². The van der Waals surface area contributed by atoms with E-state index in [0.29, 0.717) is 22.5 Å². The van der Waals surface area contributed by atoms with E-state index in [-0.39, 0.29) is 40.7 Å². The molecule has 0 radical (unpaired) electrons. The summed E-state index contributed by atoms with van der Waals surface area (Å²) in [5, 5.41) is 7.52. The van der Waals surface area contributed by atoms with Crippen LogP contribution in [0, 0.1) is 0 Å². The number of fused-ring (bicyclic) bond motifs is 2. The maximum atomic E-state index is 13.3. The molecular formula is C20H21N6NaO2S. The van der Waals surface area contributed by atoms with E-state index in [2.05, 4.69) is 22.0 Å². The molecule has 8 nitrogen and oxygen atoms in total. The number of hydrogen-bond acceptors (Lipinski definition) is 6. The zero-order chi connectivity index (χ0) is 20.1. The monoisotopic (exact) mass is 432 g/mol. The van der Waals surface area contributed by atoms with Gasteiger partial charge >= 0.3 is 29.6 Å². The van der Waals surface area contributed by atoms with Crippen LogP contribution in [0.5, 0.6) is 0 Å². The van der Waals surface area contributed by atoms with Crippen molar-refractivity contribution in [3.05, 3.63) is 56.7 Å². The van der Waals surface area contributed by atoms with Gasteiger partial charge in [-0.3, -0.25) is 9.59 Å². The zero-order valence-electron chi connectivity index (χ0n) is 17.3. The van der Waals surface area contributed by atoms with Gasteiger partial charge in [-0.1, -0.05) is 30.4 Å². The molecule has 0 unspecified atom stereocenters. The van der Waals surface area contributed by atoms with Crippen molar-refractivity contribution in [1.29, 1.82) is 0 Å². The van der Waals surface area contributed by atoms with Crippen molar-refractivity contribution in [1.82, 2.24) is 24.3 Å². The van der Waals surface area contributed by atoms with E-state index in [1.165, 1.54) is 22.1 Å². The Kier molecular flexibility index (Phi) is 5.91. The maximum absolute atomic E-state index is 13.3. The summed E-state index contributed by atoms with van der Waals surface area (Å²) in [5.74, 6) is 0. The van der Waals surface area contributed by atoms with Gasteiger partial charge in [0, 0.05) is 31.6 Å². The predicted octanol–water partition coefficient (Wildman–Crippen LogP) is -1.83. The number of thiazole rings is 1. The summed E-state index contributed by atoms with van der Waals surface area (Å²) in [5.41, 5.74) is 1.61. The van der Waals surface area contributed by atoms with E-state index in [0.717, 1.165) is 42.1 Å². The fraction of sp³-hybridized carbons (Fsp3) is 0.350. The predicted molar refractivity (Wildman–Crippen MR) is 115 cm³/mol. The van der Waals surface area contributed by atoms with Crippen molar-refractivity contribution in [3.63, 3.8) is 0 Å². The Morgan fingerprint density at radius 2 is 1.87 bits per heavy atom. The summed E-state index contributed by atoms with van der Waals surface area (Å²) in [7, 11) is 2.07. The van der Waals surface area contributed by atoms with Crippen LogP contribution in [-0.4, -0.2) is 52.5 Å². The third-order valence-corrected chi connectivity index (χ3v) is 6.46. The molecule has 0 saturated carbocycles. The number of rotatable bonds is 3. The second-order valence-electron chi connectivity index (χ2n) is 7.29. The van der Waals surface area contributed by atoms with E-state index >= 15 is 0 Å². The normalized spacial score (nSPS) is 15.1. The van der Waals surface area contributed by atoms with Crippen molar-refractivity contribution in [2.75, 3.05) is 38.2 Å². The molecule has 0 amide bonds. The first-order valence-electron chi connectivity index (χ1n) is 9.71. The first-order chi connectivity index (χ1) is 14.1. The van der Waals surface area contributed by atoms with E-state index in [9.17, 15) is 9.59 Å². The molecule has 4 aromatic rings. The summed E-state index contributed by atoms with van der Waals surface area (Å²) >= 11 is 1.42. The third-order valence-electron chi connectivity index (χ3n) is 5.44. The average Bonchev–Trinajstić information content (AvgIpc) is 3.29. The quantitative estimate of drug-likeness (QED) is 0.355. The van der Waals surface area contributed by atoms with E-state index in [1.807, 2.05) is 36.2 Å². The van der Waals surface area contributed by atoms with Crippen LogP contribution in [0.4, 0.5) is 0 Å². The Balaban J connectivity index is 0.00000218. The van der Waals surface area contributed by atoms with Crippen LogP contribution in [0.15, 0.2) is 39.9 Å². The minimum atomic E-state index is -0.223. The van der Waals surface area contributed by atoms with E-state index in [4.69, 9.17) is 0 Å². The first-order valence-corrected chi connectivity index (χ1v) is 10.5. The van der Waals surface area contributed by atoms with Gasteiger partial charge in [-0.2, -0.15) is 0 Å². The van der Waals surface area contributed by atoms with Crippen LogP contribution in [0.25, 0.3) is 26.3 Å². The van der Waals surface area contributed by atoms with Gasteiger partial charge in [0.1, 0.15) is 0 Å². The SMILES string of the molecule is CCc1c2c(=O)n(-c3nc4ccccc4s3)[n-]c2cc(=O)n1N1CCN(C)CC1.[Na+]. The molecule has 1 aliphatic heterocycles. The Morgan fingerprint density at radius 1 is 1.13 bits per heavy atom. The van der Waals surface area contributed by atoms with Crippen molar-refractivity contribution >= 4 is 32.5 Å². The molecule has 5 rings (SSSR count). The summed E-state index contributed by atoms with van der Waals surface area (Å²) < 4.78 is 4.01. The minimum Gasteiger partial charge on any atom is -0.585 e. The van der Waals surface area contributed by atoms with Gasteiger partial charge < -0.3 is 19.7 Å². The number of nitrogens with zero attached hydrogens (tertiary/aromatic N) is 6. The van der Waals surface area contributed by atoms with Gasteiger partial charge in [0.15, 0.2) is 5.13 Å². The fourth-order valence-electron chi connectivity index (χ4n) is 3.92. The zero-order valence-corrected chi connectivity index (χ0v) is 20.1. The molecule has 1 aromatic carbocycles. The van der Waals surface area contributed by atoms with Crippen molar-refractivity contribution in [2.45, 2.75) is 13.3 Å². The standard InChI is InChI=1S/C20H22N6O2S.Na/c1-3-15-18-14(12-17(27)26(15)24-10-8-23(2)9-11-24)22-25(19(18)28)20-21-13-6-4-5-7-16(13)29-20;/h4-7,12H,3,8-11H2,1-2H3,(H,22,27);/q;+1/p-1. The molecule has 150 valence electrons. The molecule has 30 heavy (non-hydrogen) atoms. The smallest absolute Gasteiger partial charge is 0.585 e. The molecule has 1 aliphatic rings. The van der Waals surface area contributed by atoms with Gasteiger partial charge in [0.05, 0.1) is 15.9 Å². The van der Waals surface area contributed by atoms with Gasteiger partial charge in [0.25, 0.3) is 5.56 Å². The molecule has 0 atom stereocenters. The van der Waals surface area contributed by atoms with Crippen molar-refractivity contribution in [3.8, 4) is 5.13 Å². The summed E-state index contributed by atoms with van der Waals surface area (Å²) in [4.78, 5) is 33.0. The number of para-hydroxylation sites is 1.